The van der Waals surface area contributed by atoms with Crippen molar-refractivity contribution >= 4 is 5.91 Å². The number of nitrogens with one attached hydrogen (secondary N) is 2. The second-order valence-corrected chi connectivity index (χ2v) is 6.37. The normalized spacial score (nSPS) is 21.7. The maximum Gasteiger partial charge on any atom is 0.220 e. The van der Waals surface area contributed by atoms with Crippen LogP contribution in [-0.2, 0) is 4.79 Å². The summed E-state index contributed by atoms with van der Waals surface area (Å²) < 4.78 is 0. The van der Waals surface area contributed by atoms with Gasteiger partial charge in [-0.3, -0.25) is 4.79 Å². The Morgan fingerprint density at radius 3 is 2.63 bits per heavy atom. The van der Waals surface area contributed by atoms with E-state index in [2.05, 4.69) is 29.4 Å². The molecule has 0 bridgehead atoms. The first-order valence-electron chi connectivity index (χ1n) is 7.66. The third-order valence-electron chi connectivity index (χ3n) is 3.85. The maximum absolute atomic E-state index is 12.0. The molecule has 1 aliphatic rings. The molecule has 19 heavy (non-hydrogen) atoms. The first kappa shape index (κ1) is 16.4. The summed E-state index contributed by atoms with van der Waals surface area (Å²) in [6.45, 7) is 6.35. The molecule has 1 fully saturated rings. The van der Waals surface area contributed by atoms with Gasteiger partial charge in [0.2, 0.25) is 5.91 Å². The van der Waals surface area contributed by atoms with Crippen LogP contribution in [0.4, 0.5) is 0 Å². The topological polar surface area (TPSA) is 44.4 Å². The second kappa shape index (κ2) is 8.54. The zero-order valence-electron chi connectivity index (χ0n) is 13.0. The quantitative estimate of drug-likeness (QED) is 0.738. The van der Waals surface area contributed by atoms with Gasteiger partial charge in [0.25, 0.3) is 0 Å². The van der Waals surface area contributed by atoms with Gasteiger partial charge in [0, 0.05) is 25.0 Å². The van der Waals surface area contributed by atoms with Crippen LogP contribution in [0, 0.1) is 5.92 Å². The monoisotopic (exact) mass is 269 g/mol. The number of carbonyl (C=O) groups excluding carboxylic acids is 1. The van der Waals surface area contributed by atoms with E-state index in [0.29, 0.717) is 18.4 Å². The fourth-order valence-corrected chi connectivity index (χ4v) is 2.57. The molecule has 2 unspecified atom stereocenters. The lowest BCUT2D eigenvalue weighted by atomic mass is 9.99. The Labute approximate surface area is 118 Å². The van der Waals surface area contributed by atoms with Crippen LogP contribution in [-0.4, -0.2) is 50.1 Å². The van der Waals surface area contributed by atoms with Crippen molar-refractivity contribution in [2.75, 3.05) is 27.2 Å². The molecule has 1 saturated heterocycles. The predicted octanol–water partition coefficient (Wildman–Crippen LogP) is 1.61. The average Bonchev–Trinajstić information content (AvgIpc) is 2.36. The molecule has 2 N–H and O–H groups in total. The fourth-order valence-electron chi connectivity index (χ4n) is 2.57. The van der Waals surface area contributed by atoms with E-state index in [4.69, 9.17) is 0 Å². The van der Waals surface area contributed by atoms with E-state index in [-0.39, 0.29) is 11.9 Å². The van der Waals surface area contributed by atoms with Gasteiger partial charge in [-0.1, -0.05) is 20.3 Å². The minimum absolute atomic E-state index is 0.202. The van der Waals surface area contributed by atoms with Crippen molar-refractivity contribution in [3.63, 3.8) is 0 Å². The highest BCUT2D eigenvalue weighted by Gasteiger charge is 2.18. The zero-order chi connectivity index (χ0) is 14.3. The molecule has 1 heterocycles. The SMILES string of the molecule is CC(C)C(CN(C)C)NC(=O)CCC1CCCCN1. The van der Waals surface area contributed by atoms with Gasteiger partial charge in [-0.15, -0.1) is 0 Å². The van der Waals surface area contributed by atoms with Crippen LogP contribution in [0.1, 0.15) is 46.0 Å². The molecule has 0 radical (unpaired) electrons. The molecule has 0 spiro atoms. The maximum atomic E-state index is 12.0. The van der Waals surface area contributed by atoms with E-state index < -0.39 is 0 Å². The Kier molecular flexibility index (Phi) is 7.39. The number of nitrogens with zero attached hydrogens (tertiary/aromatic N) is 1. The van der Waals surface area contributed by atoms with Crippen molar-refractivity contribution in [3.05, 3.63) is 0 Å². The van der Waals surface area contributed by atoms with Gasteiger partial charge in [0.05, 0.1) is 0 Å². The van der Waals surface area contributed by atoms with Crippen LogP contribution in [0.2, 0.25) is 0 Å². The fraction of sp³-hybridized carbons (Fsp3) is 0.933. The Balaban J connectivity index is 2.27. The number of likely N-dealkylation sites (N-methyl/N-ethyl adjacent to an activating group) is 1. The molecular weight excluding hydrogens is 238 g/mol. The summed E-state index contributed by atoms with van der Waals surface area (Å²) in [6.07, 6.45) is 5.42. The summed E-state index contributed by atoms with van der Waals surface area (Å²) in [5.74, 6) is 0.673. The Morgan fingerprint density at radius 1 is 1.37 bits per heavy atom. The first-order chi connectivity index (χ1) is 8.99. The molecular formula is C15H31N3O. The second-order valence-electron chi connectivity index (χ2n) is 6.37. The minimum atomic E-state index is 0.202. The van der Waals surface area contributed by atoms with Crippen LogP contribution >= 0.6 is 0 Å². The molecule has 0 aromatic heterocycles. The summed E-state index contributed by atoms with van der Waals surface area (Å²) in [4.78, 5) is 14.2. The third-order valence-corrected chi connectivity index (χ3v) is 3.85. The van der Waals surface area contributed by atoms with Crippen molar-refractivity contribution in [3.8, 4) is 0 Å². The summed E-state index contributed by atoms with van der Waals surface area (Å²) in [5.41, 5.74) is 0. The number of carbonyl (C=O) groups is 1. The summed E-state index contributed by atoms with van der Waals surface area (Å²) in [5, 5.41) is 6.67. The predicted molar refractivity (Wildman–Crippen MR) is 80.2 cm³/mol. The summed E-state index contributed by atoms with van der Waals surface area (Å²) in [7, 11) is 4.10. The van der Waals surface area contributed by atoms with E-state index in [0.717, 1.165) is 19.5 Å². The van der Waals surface area contributed by atoms with E-state index in [1.807, 2.05) is 14.1 Å². The number of rotatable bonds is 7. The molecule has 0 aromatic carbocycles. The van der Waals surface area contributed by atoms with Crippen LogP contribution < -0.4 is 10.6 Å². The van der Waals surface area contributed by atoms with E-state index in [1.54, 1.807) is 0 Å². The molecule has 0 saturated carbocycles. The number of piperidine rings is 1. The van der Waals surface area contributed by atoms with Gasteiger partial charge in [-0.05, 0) is 45.8 Å². The Morgan fingerprint density at radius 2 is 2.11 bits per heavy atom. The van der Waals surface area contributed by atoms with Crippen LogP contribution in [0.3, 0.4) is 0 Å². The van der Waals surface area contributed by atoms with Crippen molar-refractivity contribution in [2.24, 2.45) is 5.92 Å². The standard InChI is InChI=1S/C15H31N3O/c1-12(2)14(11-18(3)4)17-15(19)9-8-13-7-5-6-10-16-13/h12-14,16H,5-11H2,1-4H3,(H,17,19). The molecule has 0 aromatic rings. The summed E-state index contributed by atoms with van der Waals surface area (Å²) >= 11 is 0. The molecule has 1 rings (SSSR count). The third kappa shape index (κ3) is 6.92. The van der Waals surface area contributed by atoms with Gasteiger partial charge < -0.3 is 15.5 Å². The molecule has 4 heteroatoms. The lowest BCUT2D eigenvalue weighted by molar-refractivity contribution is -0.122. The van der Waals surface area contributed by atoms with Gasteiger partial charge in [-0.25, -0.2) is 0 Å². The number of amides is 1. The molecule has 112 valence electrons. The van der Waals surface area contributed by atoms with Crippen molar-refractivity contribution in [2.45, 2.75) is 58.0 Å². The molecule has 4 nitrogen and oxygen atoms in total. The highest BCUT2D eigenvalue weighted by Crippen LogP contribution is 2.12. The highest BCUT2D eigenvalue weighted by atomic mass is 16.1. The van der Waals surface area contributed by atoms with Crippen molar-refractivity contribution in [1.29, 1.82) is 0 Å². The van der Waals surface area contributed by atoms with Gasteiger partial charge in [0.15, 0.2) is 0 Å². The largest absolute Gasteiger partial charge is 0.352 e. The van der Waals surface area contributed by atoms with Crippen LogP contribution in [0.5, 0.6) is 0 Å². The van der Waals surface area contributed by atoms with Crippen LogP contribution in [0.15, 0.2) is 0 Å². The lowest BCUT2D eigenvalue weighted by Gasteiger charge is -2.27. The van der Waals surface area contributed by atoms with Crippen molar-refractivity contribution in [1.82, 2.24) is 15.5 Å². The molecule has 1 amide bonds. The Hall–Kier alpha value is -0.610. The Bertz CT molecular complexity index is 260. The number of hydrogen-bond acceptors (Lipinski definition) is 3. The first-order valence-corrected chi connectivity index (χ1v) is 7.66. The van der Waals surface area contributed by atoms with Crippen molar-refractivity contribution < 1.29 is 4.79 Å². The number of hydrogen-bond donors (Lipinski definition) is 2. The van der Waals surface area contributed by atoms with Crippen LogP contribution in [0.25, 0.3) is 0 Å². The molecule has 1 aliphatic heterocycles. The van der Waals surface area contributed by atoms with E-state index >= 15 is 0 Å². The van der Waals surface area contributed by atoms with Gasteiger partial charge in [0.1, 0.15) is 0 Å². The zero-order valence-corrected chi connectivity index (χ0v) is 13.0. The van der Waals surface area contributed by atoms with Gasteiger partial charge in [-0.2, -0.15) is 0 Å². The highest BCUT2D eigenvalue weighted by molar-refractivity contribution is 5.76. The average molecular weight is 269 g/mol. The van der Waals surface area contributed by atoms with Gasteiger partial charge >= 0.3 is 0 Å². The molecule has 2 atom stereocenters. The molecule has 0 aliphatic carbocycles. The lowest BCUT2D eigenvalue weighted by Crippen LogP contribution is -2.45. The summed E-state index contributed by atoms with van der Waals surface area (Å²) in [6, 6.07) is 0.799. The minimum Gasteiger partial charge on any atom is -0.352 e. The van der Waals surface area contributed by atoms with E-state index in [1.165, 1.54) is 19.3 Å². The smallest absolute Gasteiger partial charge is 0.220 e. The van der Waals surface area contributed by atoms with E-state index in [9.17, 15) is 4.79 Å².